The maximum absolute atomic E-state index is 13.1. The molecule has 34 heteroatoms. The Morgan fingerprint density at radius 1 is 0.521 bits per heavy atom. The number of anilines is 3. The van der Waals surface area contributed by atoms with Crippen LogP contribution in [0.3, 0.4) is 0 Å². The van der Waals surface area contributed by atoms with Crippen LogP contribution in [-0.2, 0) is 24.4 Å². The SMILES string of the molecule is CC(CN1CCCC1)CN1C(=O)c2cc(N)c([N+](=O)[O-])cc2C1=O.CC(CN1CCCC1)CN1Cc2cc(N)c(N)cc2C1=O.COC1NC=CC(Cl)=C1c1nc2cc3c(cc2[nH]1)CN(CC(C)CN1CCCC1)C3=O.COc1nccc(Cl)c1-c1nc2cc3c(cc2[nH]1)CN(CC(C)CN1CCCC1)C3=O.COc1nccc(Cl)c1C=O.Cl. The van der Waals surface area contributed by atoms with Crippen molar-refractivity contribution in [2.24, 2.45) is 23.7 Å². The standard InChI is InChI=1S/C23H28ClN5O2.C23H26ClN5O2.C16H20N4O4.C16H24N4O.C7H6ClNO2.ClH/c2*1-14(11-28-7-3-4-8-28)12-29-13-15-9-18-19(10-16(15)23(29)30)27-21(26-18)20-17(24)5-6-25-22(20)31-2;1-10(8-18-4-2-3-5-18)9-19-15(21)11-6-13(17)14(20(23)24)7-12(11)16(19)22;1-11(8-19-4-2-3-5-19)9-20-10-12-6-14(17)15(18)7-13(12)16(20)21;1-11-7-5(4-10)6(8)2-3-9-7;/h5-6,9-10,14,22,25H,3-4,7-8,11-13H2,1-2H3,(H,26,27);5-6,9-10,14H,3-4,7-8,11-13H2,1-2H3,(H,26,27);6-7,10H,2-5,8-9,17H2,1H3;6-7,11H,2-5,8-10,17-18H2,1H3;2-4H,1H3;1H. The zero-order chi connectivity index (χ0) is 83.8. The third-order valence-corrected chi connectivity index (χ3v) is 23.8. The quantitative estimate of drug-likeness (QED) is 0.0114. The van der Waals surface area contributed by atoms with E-state index in [0.29, 0.717) is 99.8 Å². The first kappa shape index (κ1) is 88.3. The van der Waals surface area contributed by atoms with E-state index in [9.17, 15) is 38.9 Å². The summed E-state index contributed by atoms with van der Waals surface area (Å²) in [5.41, 5.74) is 28.3. The molecule has 9 aliphatic heterocycles. The predicted molar refractivity (Wildman–Crippen MR) is 463 cm³/mol. The number of dihydropyridines is 1. The molecule has 5 amide bonds. The number of nitrogens with two attached hydrogens (primary N) is 3. The Morgan fingerprint density at radius 3 is 1.37 bits per heavy atom. The van der Waals surface area contributed by atoms with Gasteiger partial charge in [0, 0.05) is 120 Å². The Morgan fingerprint density at radius 2 is 0.924 bits per heavy atom. The molecule has 4 saturated heterocycles. The fraction of sp³-hybridized carbons (Fsp3) is 0.459. The number of fused-ring (bicyclic) bond motifs is 6. The van der Waals surface area contributed by atoms with Gasteiger partial charge in [0.1, 0.15) is 17.3 Å². The number of aromatic nitrogens is 6. The van der Waals surface area contributed by atoms with E-state index in [4.69, 9.17) is 71.2 Å². The van der Waals surface area contributed by atoms with Crippen LogP contribution in [0.15, 0.2) is 90.4 Å². The molecule has 5 atom stereocenters. The number of ether oxygens (including phenoxy) is 3. The monoisotopic (exact) mass is 1710 g/mol. The molecular formula is C85H105Cl4N19O11. The number of rotatable bonds is 23. The van der Waals surface area contributed by atoms with Crippen LogP contribution in [0.2, 0.25) is 10.0 Å². The Hall–Kier alpha value is -10.0. The van der Waals surface area contributed by atoms with Crippen LogP contribution < -0.4 is 32.0 Å². The summed E-state index contributed by atoms with van der Waals surface area (Å²) in [6.07, 6.45) is 17.0. The summed E-state index contributed by atoms with van der Waals surface area (Å²) < 4.78 is 15.6. The van der Waals surface area contributed by atoms with Gasteiger partial charge in [-0.3, -0.25) is 43.8 Å². The number of imide groups is 1. The van der Waals surface area contributed by atoms with E-state index in [1.807, 2.05) is 52.0 Å². The van der Waals surface area contributed by atoms with Crippen molar-refractivity contribution in [2.45, 2.75) is 105 Å². The van der Waals surface area contributed by atoms with Gasteiger partial charge < -0.3 is 81.0 Å². The Labute approximate surface area is 713 Å². The molecule has 9 aliphatic rings. The average molecular weight is 1710 g/mol. The number of benzene rings is 4. The zero-order valence-corrected chi connectivity index (χ0v) is 71.3. The van der Waals surface area contributed by atoms with E-state index >= 15 is 0 Å². The van der Waals surface area contributed by atoms with Gasteiger partial charge in [0.05, 0.1) is 95.5 Å². The van der Waals surface area contributed by atoms with Crippen LogP contribution in [-0.4, -0.2) is 242 Å². The number of allylic oxidation sites excluding steroid dienone is 2. The molecule has 0 spiro atoms. The lowest BCUT2D eigenvalue weighted by molar-refractivity contribution is -0.383. The molecule has 9 N–H and O–H groups in total. The van der Waals surface area contributed by atoms with Gasteiger partial charge in [0.2, 0.25) is 11.8 Å². The van der Waals surface area contributed by atoms with E-state index in [-0.39, 0.29) is 76.2 Å². The molecule has 4 fully saturated rings. The number of H-pyrrole nitrogens is 2. The maximum Gasteiger partial charge on any atom is 0.292 e. The molecule has 4 aromatic carbocycles. The average Bonchev–Trinajstić information content (AvgIpc) is 1.65. The summed E-state index contributed by atoms with van der Waals surface area (Å²) in [5, 5.41) is 15.5. The second-order valence-electron chi connectivity index (χ2n) is 32.2. The number of imidazole rings is 2. The number of nitro groups is 1. The van der Waals surface area contributed by atoms with Gasteiger partial charge in [-0.2, -0.15) is 0 Å². The van der Waals surface area contributed by atoms with Crippen LogP contribution in [0, 0.1) is 33.8 Å². The van der Waals surface area contributed by atoms with Crippen molar-refractivity contribution in [1.29, 1.82) is 0 Å². The summed E-state index contributed by atoms with van der Waals surface area (Å²) in [4.78, 5) is 125. The zero-order valence-electron chi connectivity index (χ0n) is 68.2. The first-order chi connectivity index (χ1) is 56.8. The number of hydrogen-bond donors (Lipinski definition) is 6. The number of amides is 5. The summed E-state index contributed by atoms with van der Waals surface area (Å²) in [7, 11) is 4.61. The lowest BCUT2D eigenvalue weighted by Crippen LogP contribution is -2.37. The molecule has 0 radical (unpaired) electrons. The van der Waals surface area contributed by atoms with Crippen molar-refractivity contribution >= 4 is 133 Å². The van der Waals surface area contributed by atoms with Crippen molar-refractivity contribution in [3.63, 3.8) is 0 Å². The first-order valence-corrected chi connectivity index (χ1v) is 41.5. The van der Waals surface area contributed by atoms with Crippen molar-refractivity contribution in [3.8, 4) is 23.1 Å². The maximum atomic E-state index is 13.1. The highest BCUT2D eigenvalue weighted by Gasteiger charge is 2.40. The Kier molecular flexibility index (Phi) is 29.3. The molecule has 0 bridgehead atoms. The highest BCUT2D eigenvalue weighted by Crippen LogP contribution is 2.39. The van der Waals surface area contributed by atoms with Crippen LogP contribution >= 0.6 is 47.2 Å². The Balaban J connectivity index is 0.000000141. The first-order valence-electron chi connectivity index (χ1n) is 40.4. The Bertz CT molecular complexity index is 5150. The van der Waals surface area contributed by atoms with Gasteiger partial charge in [-0.25, -0.2) is 19.9 Å². The van der Waals surface area contributed by atoms with E-state index in [1.165, 1.54) is 121 Å². The minimum absolute atomic E-state index is 0. The second-order valence-corrected chi connectivity index (χ2v) is 33.4. The molecule has 5 unspecified atom stereocenters. The summed E-state index contributed by atoms with van der Waals surface area (Å²) in [6.45, 7) is 26.6. The van der Waals surface area contributed by atoms with Gasteiger partial charge >= 0.3 is 0 Å². The number of nitrogens with zero attached hydrogens (tertiary/aromatic N) is 13. The van der Waals surface area contributed by atoms with Crippen molar-refractivity contribution in [3.05, 3.63) is 166 Å². The third-order valence-electron chi connectivity index (χ3n) is 22.8. The number of likely N-dealkylation sites (tertiary alicyclic amines) is 4. The normalized spacial score (nSPS) is 18.6. The minimum atomic E-state index is -0.647. The van der Waals surface area contributed by atoms with Crippen molar-refractivity contribution in [1.82, 2.24) is 74.4 Å². The topological polar surface area (TPSA) is 372 Å². The highest BCUT2D eigenvalue weighted by molar-refractivity contribution is 6.35. The number of aromatic amines is 2. The number of carbonyl (C=O) groups excluding carboxylic acids is 6. The number of methoxy groups -OCH3 is 3. The number of nitrogens with one attached hydrogen (secondary N) is 3. The summed E-state index contributed by atoms with van der Waals surface area (Å²) in [6, 6.07) is 17.0. The molecular weight excluding hydrogens is 1600 g/mol. The van der Waals surface area contributed by atoms with E-state index in [2.05, 4.69) is 70.6 Å². The van der Waals surface area contributed by atoms with Gasteiger partial charge in [-0.15, -0.1) is 12.4 Å². The number of aldehydes is 1. The molecule has 0 saturated carbocycles. The van der Waals surface area contributed by atoms with Crippen molar-refractivity contribution in [2.75, 3.05) is 143 Å². The number of halogens is 4. The molecule has 119 heavy (non-hydrogen) atoms. The number of nitrogen functional groups attached to an aromatic ring is 3. The molecule has 30 nitrogen and oxygen atoms in total. The van der Waals surface area contributed by atoms with Crippen LogP contribution in [0.1, 0.15) is 164 Å². The van der Waals surface area contributed by atoms with E-state index in [0.717, 1.165) is 126 Å². The fourth-order valence-corrected chi connectivity index (χ4v) is 17.9. The molecule has 17 rings (SSSR count). The fourth-order valence-electron chi connectivity index (χ4n) is 17.3. The van der Waals surface area contributed by atoms with Crippen LogP contribution in [0.4, 0.5) is 22.7 Å². The molecule has 0 aliphatic carbocycles. The molecule has 4 aromatic heterocycles. The minimum Gasteiger partial charge on any atom is -0.480 e. The smallest absolute Gasteiger partial charge is 0.292 e. The third kappa shape index (κ3) is 20.4. The van der Waals surface area contributed by atoms with Gasteiger partial charge in [0.15, 0.2) is 12.5 Å². The van der Waals surface area contributed by atoms with E-state index < -0.39 is 16.7 Å². The van der Waals surface area contributed by atoms with E-state index in [1.54, 1.807) is 44.8 Å². The van der Waals surface area contributed by atoms with Gasteiger partial charge in [0.25, 0.3) is 35.2 Å². The summed E-state index contributed by atoms with van der Waals surface area (Å²) in [5.74, 6) is 2.79. The second kappa shape index (κ2) is 39.5. The number of nitro benzene ring substituents is 1. The van der Waals surface area contributed by atoms with Crippen LogP contribution in [0.5, 0.6) is 11.8 Å². The van der Waals surface area contributed by atoms with Gasteiger partial charge in [-0.05, 0) is 205 Å². The highest BCUT2D eigenvalue weighted by atomic mass is 35.5. The molecule has 8 aromatic rings. The largest absolute Gasteiger partial charge is 0.480 e. The summed E-state index contributed by atoms with van der Waals surface area (Å²) >= 11 is 18.5. The molecule has 634 valence electrons. The predicted octanol–water partition coefficient (Wildman–Crippen LogP) is 12.3. The van der Waals surface area contributed by atoms with Crippen LogP contribution in [0.25, 0.3) is 39.0 Å². The lowest BCUT2D eigenvalue weighted by Gasteiger charge is -2.24. The number of hydrogen-bond acceptors (Lipinski definition) is 23. The number of pyridine rings is 2. The lowest BCUT2D eigenvalue weighted by atomic mass is 10.1. The van der Waals surface area contributed by atoms with Gasteiger partial charge in [-0.1, -0.05) is 62.5 Å². The molecule has 13 heterocycles. The number of carbonyl (C=O) groups is 6. The van der Waals surface area contributed by atoms with Crippen molar-refractivity contribution < 1.29 is 47.9 Å².